The summed E-state index contributed by atoms with van der Waals surface area (Å²) in [5.74, 6) is 2.72. The minimum atomic E-state index is 0.615. The van der Waals surface area contributed by atoms with E-state index in [1.54, 1.807) is 11.3 Å². The fourth-order valence-electron chi connectivity index (χ4n) is 2.04. The van der Waals surface area contributed by atoms with E-state index >= 15 is 0 Å². The summed E-state index contributed by atoms with van der Waals surface area (Å²) in [6, 6.07) is 0. The molecule has 1 fully saturated rings. The zero-order chi connectivity index (χ0) is 13.4. The summed E-state index contributed by atoms with van der Waals surface area (Å²) in [4.78, 5) is 11.8. The zero-order valence-corrected chi connectivity index (χ0v) is 13.0. The normalized spacial score (nSPS) is 15.7. The number of thiophene rings is 1. The highest BCUT2D eigenvalue weighted by Gasteiger charge is 2.20. The molecule has 3 rings (SSSR count). The quantitative estimate of drug-likeness (QED) is 0.939. The lowest BCUT2D eigenvalue weighted by atomic mass is 10.2. The van der Waals surface area contributed by atoms with Crippen molar-refractivity contribution in [2.45, 2.75) is 24.9 Å². The molecule has 3 heterocycles. The molecular weight excluding hydrogens is 278 g/mol. The minimum absolute atomic E-state index is 0.615. The molecule has 6 heteroatoms. The number of rotatable bonds is 4. The van der Waals surface area contributed by atoms with E-state index in [1.807, 2.05) is 18.8 Å². The lowest BCUT2D eigenvalue weighted by Gasteiger charge is -2.24. The SMILES string of the molecule is CNc1nc(CSC2COC2)nc2sc(C)c(C)c12. The van der Waals surface area contributed by atoms with Gasteiger partial charge in [-0.2, -0.15) is 0 Å². The third kappa shape index (κ3) is 2.44. The summed E-state index contributed by atoms with van der Waals surface area (Å²) >= 11 is 3.63. The molecule has 1 saturated heterocycles. The monoisotopic (exact) mass is 295 g/mol. The van der Waals surface area contributed by atoms with E-state index in [2.05, 4.69) is 24.1 Å². The summed E-state index contributed by atoms with van der Waals surface area (Å²) < 4.78 is 5.19. The molecule has 0 bridgehead atoms. The Morgan fingerprint density at radius 2 is 2.16 bits per heavy atom. The zero-order valence-electron chi connectivity index (χ0n) is 11.3. The van der Waals surface area contributed by atoms with Gasteiger partial charge in [0.25, 0.3) is 0 Å². The number of aryl methyl sites for hydroxylation is 2. The van der Waals surface area contributed by atoms with Crippen molar-refractivity contribution in [1.29, 1.82) is 0 Å². The van der Waals surface area contributed by atoms with E-state index in [0.717, 1.165) is 35.4 Å². The van der Waals surface area contributed by atoms with E-state index in [-0.39, 0.29) is 0 Å². The molecule has 4 nitrogen and oxygen atoms in total. The van der Waals surface area contributed by atoms with Gasteiger partial charge in [-0.3, -0.25) is 0 Å². The van der Waals surface area contributed by atoms with Crippen molar-refractivity contribution >= 4 is 39.1 Å². The summed E-state index contributed by atoms with van der Waals surface area (Å²) in [5, 5.41) is 4.99. The van der Waals surface area contributed by atoms with Crippen LogP contribution in [0.25, 0.3) is 10.2 Å². The van der Waals surface area contributed by atoms with Gasteiger partial charge < -0.3 is 10.1 Å². The predicted octanol–water partition coefficient (Wildman–Crippen LogP) is 2.98. The van der Waals surface area contributed by atoms with Crippen molar-refractivity contribution in [3.05, 3.63) is 16.3 Å². The molecular formula is C13H17N3OS2. The van der Waals surface area contributed by atoms with E-state index < -0.39 is 0 Å². The molecule has 0 spiro atoms. The highest BCUT2D eigenvalue weighted by Crippen LogP contribution is 2.34. The lowest BCUT2D eigenvalue weighted by molar-refractivity contribution is 0.0455. The Kier molecular flexibility index (Phi) is 3.64. The van der Waals surface area contributed by atoms with Crippen LogP contribution in [-0.2, 0) is 10.5 Å². The topological polar surface area (TPSA) is 47.0 Å². The number of anilines is 1. The van der Waals surface area contributed by atoms with Gasteiger partial charge in [-0.15, -0.1) is 23.1 Å². The maximum absolute atomic E-state index is 5.19. The first kappa shape index (κ1) is 13.1. The average molecular weight is 295 g/mol. The van der Waals surface area contributed by atoms with Crippen LogP contribution in [0.5, 0.6) is 0 Å². The maximum atomic E-state index is 5.19. The summed E-state index contributed by atoms with van der Waals surface area (Å²) in [5.41, 5.74) is 1.29. The fraction of sp³-hybridized carbons (Fsp3) is 0.538. The molecule has 102 valence electrons. The van der Waals surface area contributed by atoms with Crippen LogP contribution in [0.4, 0.5) is 5.82 Å². The van der Waals surface area contributed by atoms with Gasteiger partial charge in [-0.25, -0.2) is 9.97 Å². The van der Waals surface area contributed by atoms with Crippen molar-refractivity contribution in [3.8, 4) is 0 Å². The van der Waals surface area contributed by atoms with Gasteiger partial charge in [0.2, 0.25) is 0 Å². The highest BCUT2D eigenvalue weighted by atomic mass is 32.2. The van der Waals surface area contributed by atoms with Crippen LogP contribution in [0.1, 0.15) is 16.3 Å². The van der Waals surface area contributed by atoms with Gasteiger partial charge in [-0.1, -0.05) is 0 Å². The summed E-state index contributed by atoms with van der Waals surface area (Å²) in [6.45, 7) is 6.01. The minimum Gasteiger partial charge on any atom is -0.379 e. The van der Waals surface area contributed by atoms with E-state index in [0.29, 0.717) is 5.25 Å². The molecule has 19 heavy (non-hydrogen) atoms. The Bertz CT molecular complexity index is 607. The lowest BCUT2D eigenvalue weighted by Crippen LogP contribution is -2.30. The number of hydrogen-bond acceptors (Lipinski definition) is 6. The second-order valence-corrected chi connectivity index (χ2v) is 7.16. The molecule has 1 N–H and O–H groups in total. The Hall–Kier alpha value is -0.850. The molecule has 1 aliphatic heterocycles. The number of aromatic nitrogens is 2. The third-order valence-electron chi connectivity index (χ3n) is 3.37. The maximum Gasteiger partial charge on any atom is 0.142 e. The van der Waals surface area contributed by atoms with Crippen LogP contribution in [-0.4, -0.2) is 35.5 Å². The Morgan fingerprint density at radius 1 is 1.37 bits per heavy atom. The molecule has 0 saturated carbocycles. The average Bonchev–Trinajstić information content (AvgIpc) is 2.62. The Balaban J connectivity index is 1.92. The van der Waals surface area contributed by atoms with E-state index in [9.17, 15) is 0 Å². The third-order valence-corrected chi connectivity index (χ3v) is 5.64. The molecule has 0 radical (unpaired) electrons. The number of fused-ring (bicyclic) bond motifs is 1. The molecule has 1 aliphatic rings. The number of ether oxygens (including phenoxy) is 1. The second kappa shape index (κ2) is 5.26. The smallest absolute Gasteiger partial charge is 0.142 e. The molecule has 2 aromatic rings. The molecule has 0 amide bonds. The number of nitrogens with zero attached hydrogens (tertiary/aromatic N) is 2. The van der Waals surface area contributed by atoms with Gasteiger partial charge in [-0.05, 0) is 19.4 Å². The molecule has 0 aliphatic carbocycles. The first-order chi connectivity index (χ1) is 9.19. The predicted molar refractivity (Wildman–Crippen MR) is 82.3 cm³/mol. The highest BCUT2D eigenvalue weighted by molar-refractivity contribution is 7.99. The van der Waals surface area contributed by atoms with Crippen LogP contribution in [0.15, 0.2) is 0 Å². The Morgan fingerprint density at radius 3 is 2.79 bits per heavy atom. The van der Waals surface area contributed by atoms with Gasteiger partial charge >= 0.3 is 0 Å². The van der Waals surface area contributed by atoms with Crippen molar-refractivity contribution in [3.63, 3.8) is 0 Å². The van der Waals surface area contributed by atoms with Crippen molar-refractivity contribution in [1.82, 2.24) is 9.97 Å². The first-order valence-electron chi connectivity index (χ1n) is 6.32. The van der Waals surface area contributed by atoms with Gasteiger partial charge in [0.05, 0.1) is 29.6 Å². The molecule has 0 aromatic carbocycles. The molecule has 2 aromatic heterocycles. The Labute approximate surface area is 121 Å². The summed E-state index contributed by atoms with van der Waals surface area (Å²) in [6.07, 6.45) is 0. The van der Waals surface area contributed by atoms with Crippen molar-refractivity contribution in [2.75, 3.05) is 25.6 Å². The standard InChI is InChI=1S/C13H17N3OS2/c1-7-8(2)19-13-11(7)12(14-3)15-10(16-13)6-18-9-4-17-5-9/h9H,4-6H2,1-3H3,(H,14,15,16). The second-order valence-electron chi connectivity index (χ2n) is 4.67. The number of thioether (sulfide) groups is 1. The molecule has 0 atom stereocenters. The fourth-order valence-corrected chi connectivity index (χ4v) is 3.99. The van der Waals surface area contributed by atoms with Crippen LogP contribution < -0.4 is 5.32 Å². The van der Waals surface area contributed by atoms with E-state index in [1.165, 1.54) is 15.8 Å². The van der Waals surface area contributed by atoms with E-state index in [4.69, 9.17) is 9.72 Å². The summed E-state index contributed by atoms with van der Waals surface area (Å²) in [7, 11) is 1.92. The van der Waals surface area contributed by atoms with Crippen LogP contribution >= 0.6 is 23.1 Å². The largest absolute Gasteiger partial charge is 0.379 e. The van der Waals surface area contributed by atoms with Gasteiger partial charge in [0, 0.05) is 11.9 Å². The van der Waals surface area contributed by atoms with Crippen LogP contribution in [0, 0.1) is 13.8 Å². The van der Waals surface area contributed by atoms with Crippen molar-refractivity contribution < 1.29 is 4.74 Å². The number of hydrogen-bond donors (Lipinski definition) is 1. The molecule has 0 unspecified atom stereocenters. The van der Waals surface area contributed by atoms with Crippen LogP contribution in [0.2, 0.25) is 0 Å². The van der Waals surface area contributed by atoms with Gasteiger partial charge in [0.15, 0.2) is 0 Å². The van der Waals surface area contributed by atoms with Gasteiger partial charge in [0.1, 0.15) is 16.5 Å². The first-order valence-corrected chi connectivity index (χ1v) is 8.19. The number of nitrogens with one attached hydrogen (secondary N) is 1. The van der Waals surface area contributed by atoms with Crippen LogP contribution in [0.3, 0.4) is 0 Å². The van der Waals surface area contributed by atoms with Crippen molar-refractivity contribution in [2.24, 2.45) is 0 Å².